The maximum atomic E-state index is 12.6. The Morgan fingerprint density at radius 1 is 0.958 bits per heavy atom. The molecule has 0 aliphatic carbocycles. The van der Waals surface area contributed by atoms with Crippen molar-refractivity contribution in [2.24, 2.45) is 5.92 Å². The molecule has 0 aromatic heterocycles. The SMILES string of the molecule is C=C(C)OC(CC(S(=O)(=O)C(F)(F)F)S(=O)(=O)C(F)(F)F)C(C)C. The molecule has 0 radical (unpaired) electrons. The summed E-state index contributed by atoms with van der Waals surface area (Å²) in [7, 11) is -13.3. The van der Waals surface area contributed by atoms with Crippen molar-refractivity contribution < 1.29 is 47.9 Å². The maximum Gasteiger partial charge on any atom is 0.498 e. The monoisotopic (exact) mass is 406 g/mol. The second kappa shape index (κ2) is 7.10. The first-order chi connectivity index (χ1) is 10.4. The summed E-state index contributed by atoms with van der Waals surface area (Å²) in [6.45, 7) is 7.09. The normalized spacial score (nSPS) is 15.6. The van der Waals surface area contributed by atoms with Gasteiger partial charge in [-0.2, -0.15) is 26.3 Å². The summed E-state index contributed by atoms with van der Waals surface area (Å²) in [5.41, 5.74) is -12.4. The van der Waals surface area contributed by atoms with Crippen molar-refractivity contribution >= 4 is 19.7 Å². The van der Waals surface area contributed by atoms with E-state index < -0.39 is 53.7 Å². The largest absolute Gasteiger partial charge is 0.498 e. The van der Waals surface area contributed by atoms with Crippen LogP contribution in [0.5, 0.6) is 0 Å². The van der Waals surface area contributed by atoms with Gasteiger partial charge in [0.25, 0.3) is 19.7 Å². The molecule has 0 aliphatic rings. The van der Waals surface area contributed by atoms with Gasteiger partial charge in [0.15, 0.2) is 4.58 Å². The first-order valence-corrected chi connectivity index (χ1v) is 9.37. The maximum absolute atomic E-state index is 12.6. The van der Waals surface area contributed by atoms with Crippen LogP contribution in [0.15, 0.2) is 12.3 Å². The quantitative estimate of drug-likeness (QED) is 0.480. The summed E-state index contributed by atoms with van der Waals surface area (Å²) in [6, 6.07) is 0. The standard InChI is InChI=1S/C11H16F6O5S2/c1-6(2)8(22-7(3)4)5-9(23(18,19)10(12,13)14)24(20,21)11(15,16)17/h6,8-9H,3,5H2,1-2,4H3. The third-order valence-corrected chi connectivity index (χ3v) is 7.44. The van der Waals surface area contributed by atoms with E-state index >= 15 is 0 Å². The molecule has 0 aromatic rings. The minimum Gasteiger partial charge on any atom is -0.495 e. The van der Waals surface area contributed by atoms with E-state index in [-0.39, 0.29) is 5.76 Å². The van der Waals surface area contributed by atoms with E-state index in [0.29, 0.717) is 0 Å². The topological polar surface area (TPSA) is 77.5 Å². The van der Waals surface area contributed by atoms with Gasteiger partial charge in [0, 0.05) is 6.42 Å². The van der Waals surface area contributed by atoms with Gasteiger partial charge in [0.05, 0.1) is 5.76 Å². The average molecular weight is 406 g/mol. The zero-order valence-corrected chi connectivity index (χ0v) is 14.4. The van der Waals surface area contributed by atoms with E-state index in [4.69, 9.17) is 4.74 Å². The van der Waals surface area contributed by atoms with Gasteiger partial charge in [-0.05, 0) is 12.8 Å². The van der Waals surface area contributed by atoms with Gasteiger partial charge in [-0.15, -0.1) is 0 Å². The molecule has 0 amide bonds. The first kappa shape index (κ1) is 23.0. The molecule has 13 heteroatoms. The molecule has 0 heterocycles. The summed E-state index contributed by atoms with van der Waals surface area (Å²) in [5, 5.41) is 0. The number of sulfone groups is 2. The van der Waals surface area contributed by atoms with Gasteiger partial charge >= 0.3 is 11.0 Å². The highest BCUT2D eigenvalue weighted by Gasteiger charge is 2.63. The van der Waals surface area contributed by atoms with Crippen LogP contribution in [-0.2, 0) is 24.4 Å². The van der Waals surface area contributed by atoms with E-state index in [1.165, 1.54) is 20.8 Å². The van der Waals surface area contributed by atoms with Crippen molar-refractivity contribution in [3.63, 3.8) is 0 Å². The highest BCUT2D eigenvalue weighted by atomic mass is 32.3. The molecule has 0 aliphatic heterocycles. The fraction of sp³-hybridized carbons (Fsp3) is 0.818. The summed E-state index contributed by atoms with van der Waals surface area (Å²) < 4.78 is 123. The Hall–Kier alpha value is -0.980. The van der Waals surface area contributed by atoms with Crippen LogP contribution in [0.4, 0.5) is 26.3 Å². The minimum absolute atomic E-state index is 0.124. The molecule has 144 valence electrons. The van der Waals surface area contributed by atoms with E-state index in [9.17, 15) is 43.2 Å². The molecule has 0 bridgehead atoms. The Kier molecular flexibility index (Phi) is 6.81. The molecule has 0 aromatic carbocycles. The third-order valence-electron chi connectivity index (χ3n) is 2.86. The fourth-order valence-electron chi connectivity index (χ4n) is 1.62. The van der Waals surface area contributed by atoms with Crippen molar-refractivity contribution in [1.82, 2.24) is 0 Å². The molecule has 0 saturated heterocycles. The number of alkyl halides is 6. The van der Waals surface area contributed by atoms with E-state index in [1.807, 2.05) is 0 Å². The zero-order chi connectivity index (χ0) is 19.7. The van der Waals surface area contributed by atoms with Crippen LogP contribution in [0.3, 0.4) is 0 Å². The first-order valence-electron chi connectivity index (χ1n) is 6.28. The second-order valence-corrected chi connectivity index (χ2v) is 9.79. The van der Waals surface area contributed by atoms with Crippen molar-refractivity contribution in [3.05, 3.63) is 12.3 Å². The summed E-state index contributed by atoms with van der Waals surface area (Å²) >= 11 is 0. The summed E-state index contributed by atoms with van der Waals surface area (Å²) in [6.07, 6.45) is -3.09. The average Bonchev–Trinajstić information content (AvgIpc) is 2.29. The van der Waals surface area contributed by atoms with Gasteiger partial charge in [-0.1, -0.05) is 20.4 Å². The highest BCUT2D eigenvalue weighted by Crippen LogP contribution is 2.39. The van der Waals surface area contributed by atoms with Crippen LogP contribution in [-0.4, -0.2) is 38.5 Å². The van der Waals surface area contributed by atoms with Gasteiger partial charge in [-0.25, -0.2) is 16.8 Å². The van der Waals surface area contributed by atoms with Crippen molar-refractivity contribution in [1.29, 1.82) is 0 Å². The minimum atomic E-state index is -6.66. The third kappa shape index (κ3) is 5.01. The van der Waals surface area contributed by atoms with Crippen LogP contribution < -0.4 is 0 Å². The van der Waals surface area contributed by atoms with Gasteiger partial charge in [0.1, 0.15) is 6.10 Å². The van der Waals surface area contributed by atoms with Crippen LogP contribution in [0.2, 0.25) is 0 Å². The van der Waals surface area contributed by atoms with Crippen LogP contribution >= 0.6 is 0 Å². The number of ether oxygens (including phenoxy) is 1. The molecular formula is C11H16F6O5S2. The molecule has 0 saturated carbocycles. The Bertz CT molecular complexity index is 616. The smallest absolute Gasteiger partial charge is 0.495 e. The number of hydrogen-bond donors (Lipinski definition) is 0. The van der Waals surface area contributed by atoms with Crippen LogP contribution in [0.1, 0.15) is 27.2 Å². The van der Waals surface area contributed by atoms with Crippen LogP contribution in [0.25, 0.3) is 0 Å². The second-order valence-electron chi connectivity index (χ2n) is 5.25. The Morgan fingerprint density at radius 3 is 1.50 bits per heavy atom. The molecule has 5 nitrogen and oxygen atoms in total. The van der Waals surface area contributed by atoms with Crippen LogP contribution in [0, 0.1) is 5.92 Å². The van der Waals surface area contributed by atoms with E-state index in [2.05, 4.69) is 6.58 Å². The van der Waals surface area contributed by atoms with Gasteiger partial charge < -0.3 is 4.74 Å². The molecule has 1 unspecified atom stereocenters. The summed E-state index contributed by atoms with van der Waals surface area (Å²) in [4.78, 5) is 0. The lowest BCUT2D eigenvalue weighted by molar-refractivity contribution is -0.0480. The Labute approximate surface area is 135 Å². The molecular weight excluding hydrogens is 390 g/mol. The molecule has 0 rings (SSSR count). The predicted octanol–water partition coefficient (Wildman–Crippen LogP) is 3.15. The van der Waals surface area contributed by atoms with Gasteiger partial charge in [-0.3, -0.25) is 0 Å². The van der Waals surface area contributed by atoms with Crippen molar-refractivity contribution in [2.45, 2.75) is 48.9 Å². The van der Waals surface area contributed by atoms with E-state index in [1.54, 1.807) is 0 Å². The van der Waals surface area contributed by atoms with Crippen molar-refractivity contribution in [2.75, 3.05) is 0 Å². The lowest BCUT2D eigenvalue weighted by atomic mass is 10.1. The lowest BCUT2D eigenvalue weighted by Gasteiger charge is -2.28. The zero-order valence-electron chi connectivity index (χ0n) is 12.8. The molecule has 24 heavy (non-hydrogen) atoms. The highest BCUT2D eigenvalue weighted by molar-refractivity contribution is 8.09. The molecule has 0 fully saturated rings. The number of hydrogen-bond acceptors (Lipinski definition) is 5. The lowest BCUT2D eigenvalue weighted by Crippen LogP contribution is -2.47. The fourth-order valence-corrected chi connectivity index (χ4v) is 5.09. The Morgan fingerprint density at radius 2 is 1.29 bits per heavy atom. The molecule has 0 spiro atoms. The van der Waals surface area contributed by atoms with Gasteiger partial charge in [0.2, 0.25) is 0 Å². The summed E-state index contributed by atoms with van der Waals surface area (Å²) in [5.74, 6) is -0.905. The van der Waals surface area contributed by atoms with Crippen molar-refractivity contribution in [3.8, 4) is 0 Å². The number of allylic oxidation sites excluding steroid dienone is 1. The number of rotatable bonds is 7. The molecule has 0 N–H and O–H groups in total. The van der Waals surface area contributed by atoms with E-state index in [0.717, 1.165) is 0 Å². The molecule has 1 atom stereocenters. The number of halogens is 6. The predicted molar refractivity (Wildman–Crippen MR) is 72.9 cm³/mol. The Balaban J connectivity index is 6.25.